The second-order valence-corrected chi connectivity index (χ2v) is 8.29. The summed E-state index contributed by atoms with van der Waals surface area (Å²) >= 11 is 0. The van der Waals surface area contributed by atoms with Crippen molar-refractivity contribution in [2.24, 2.45) is 17.3 Å². The maximum Gasteiger partial charge on any atom is 1.00 e. The molecule has 0 bridgehead atoms. The van der Waals surface area contributed by atoms with Crippen LogP contribution in [0.25, 0.3) is 0 Å². The molecule has 0 fully saturated rings. The zero-order valence-corrected chi connectivity index (χ0v) is 17.4. The molecule has 2 aromatic heterocycles. The van der Waals surface area contributed by atoms with E-state index in [0.29, 0.717) is 0 Å². The van der Waals surface area contributed by atoms with E-state index in [1.54, 1.807) is 0 Å². The molecule has 0 spiro atoms. The van der Waals surface area contributed by atoms with Gasteiger partial charge in [-0.3, -0.25) is 6.08 Å². The molecule has 2 heterocycles. The molecule has 1 aliphatic rings. The van der Waals surface area contributed by atoms with E-state index >= 15 is 0 Å². The second kappa shape index (κ2) is 7.62. The summed E-state index contributed by atoms with van der Waals surface area (Å²) in [5, 5.41) is 9.67. The average molecular weight is 344 g/mol. The van der Waals surface area contributed by atoms with Gasteiger partial charge in [-0.15, -0.1) is 0 Å². The van der Waals surface area contributed by atoms with Gasteiger partial charge in [0.2, 0.25) is 0 Å². The summed E-state index contributed by atoms with van der Waals surface area (Å²) in [7, 11) is 0. The van der Waals surface area contributed by atoms with Gasteiger partial charge in [-0.2, -0.15) is 16.3 Å². The van der Waals surface area contributed by atoms with Gasteiger partial charge in [0.15, 0.2) is 0 Å². The van der Waals surface area contributed by atoms with Crippen LogP contribution in [0.15, 0.2) is 30.4 Å². The minimum Gasteiger partial charge on any atom is -0.269 e. The monoisotopic (exact) mass is 344 g/mol. The smallest absolute Gasteiger partial charge is 0.269 e. The molecule has 2 aromatic rings. The van der Waals surface area contributed by atoms with Gasteiger partial charge in [0.25, 0.3) is 0 Å². The molecule has 4 nitrogen and oxygen atoms in total. The van der Waals surface area contributed by atoms with Crippen LogP contribution in [0.2, 0.25) is 0 Å². The van der Waals surface area contributed by atoms with Crippen LogP contribution >= 0.6 is 0 Å². The van der Waals surface area contributed by atoms with Gasteiger partial charge in [-0.1, -0.05) is 26.7 Å². The zero-order valence-electron chi connectivity index (χ0n) is 17.4. The van der Waals surface area contributed by atoms with Crippen molar-refractivity contribution in [3.05, 3.63) is 59.2 Å². The first-order valence-corrected chi connectivity index (χ1v) is 9.00. The third-order valence-electron chi connectivity index (χ3n) is 5.00. The summed E-state index contributed by atoms with van der Waals surface area (Å²) in [5.74, 6) is 0.524. The fourth-order valence-electron chi connectivity index (χ4n) is 4.03. The van der Waals surface area contributed by atoms with E-state index in [1.165, 1.54) is 0 Å². The predicted molar refractivity (Wildman–Crippen MR) is 101 cm³/mol. The fourth-order valence-corrected chi connectivity index (χ4v) is 4.03. The Morgan fingerprint density at radius 1 is 0.962 bits per heavy atom. The van der Waals surface area contributed by atoms with Crippen molar-refractivity contribution in [3.8, 4) is 0 Å². The largest absolute Gasteiger partial charge is 1.00 e. The van der Waals surface area contributed by atoms with Crippen molar-refractivity contribution in [1.29, 1.82) is 0 Å². The third kappa shape index (κ3) is 3.92. The zero-order chi connectivity index (χ0) is 18.4. The molecule has 2 atom stereocenters. The third-order valence-corrected chi connectivity index (χ3v) is 5.00. The molecule has 0 N–H and O–H groups in total. The van der Waals surface area contributed by atoms with Crippen LogP contribution in [0.3, 0.4) is 0 Å². The van der Waals surface area contributed by atoms with Gasteiger partial charge in [0.1, 0.15) is 6.17 Å². The Bertz CT molecular complexity index is 761. The van der Waals surface area contributed by atoms with Gasteiger partial charge in [0, 0.05) is 11.4 Å². The number of aromatic nitrogens is 4. The fraction of sp³-hybridized carbons (Fsp3) is 0.524. The summed E-state index contributed by atoms with van der Waals surface area (Å²) in [5.41, 5.74) is 4.46. The van der Waals surface area contributed by atoms with Gasteiger partial charge >= 0.3 is 18.9 Å². The number of rotatable bonds is 4. The van der Waals surface area contributed by atoms with E-state index in [9.17, 15) is 0 Å². The van der Waals surface area contributed by atoms with Crippen LogP contribution < -0.4 is 18.9 Å². The van der Waals surface area contributed by atoms with Gasteiger partial charge in [0.05, 0.1) is 11.4 Å². The molecule has 0 saturated carbocycles. The van der Waals surface area contributed by atoms with Crippen LogP contribution in [0.5, 0.6) is 0 Å². The van der Waals surface area contributed by atoms with Gasteiger partial charge < -0.3 is 0 Å². The Morgan fingerprint density at radius 2 is 1.46 bits per heavy atom. The first-order chi connectivity index (χ1) is 11.7. The van der Waals surface area contributed by atoms with Gasteiger partial charge in [-0.25, -0.2) is 21.5 Å². The van der Waals surface area contributed by atoms with Crippen molar-refractivity contribution >= 4 is 0 Å². The first-order valence-electron chi connectivity index (χ1n) is 9.00. The Balaban J connectivity index is 0.00000243. The molecule has 0 saturated heterocycles. The first kappa shape index (κ1) is 20.8. The molecule has 3 rings (SSSR count). The van der Waals surface area contributed by atoms with Crippen LogP contribution in [-0.4, -0.2) is 19.6 Å². The maximum atomic E-state index is 4.84. The Kier molecular flexibility index (Phi) is 6.10. The number of aryl methyl sites for hydroxylation is 4. The van der Waals surface area contributed by atoms with Crippen molar-refractivity contribution in [2.45, 2.75) is 54.6 Å². The molecular weight excluding hydrogens is 315 g/mol. The minimum atomic E-state index is 0. The standard InChI is InChI=1S/C21H29N4.Li/c1-14-12-16(3)24(22-14)20(25-17(4)13-15(2)23-25)19(21(5,6)7)18-10-8-9-11-18;/h8-10,12-13,18-20H,1-7H3;/q-1;+1. The molecule has 0 aliphatic heterocycles. The molecule has 5 heteroatoms. The molecule has 0 radical (unpaired) electrons. The molecule has 134 valence electrons. The number of hydrogen-bond donors (Lipinski definition) is 0. The Hall–Kier alpha value is -1.50. The van der Waals surface area contributed by atoms with E-state index < -0.39 is 0 Å². The summed E-state index contributed by atoms with van der Waals surface area (Å²) in [6.07, 6.45) is 9.91. The quantitative estimate of drug-likeness (QED) is 0.623. The summed E-state index contributed by atoms with van der Waals surface area (Å²) < 4.78 is 4.30. The summed E-state index contributed by atoms with van der Waals surface area (Å²) in [6.45, 7) is 15.3. The van der Waals surface area contributed by atoms with E-state index in [0.717, 1.165) is 22.8 Å². The van der Waals surface area contributed by atoms with E-state index in [-0.39, 0.29) is 42.3 Å². The molecule has 1 aliphatic carbocycles. The average Bonchev–Trinajstić information content (AvgIpc) is 3.17. The Labute approximate surface area is 169 Å². The van der Waals surface area contributed by atoms with Crippen LogP contribution in [-0.2, 0) is 0 Å². The van der Waals surface area contributed by atoms with Crippen LogP contribution in [0, 0.1) is 51.0 Å². The van der Waals surface area contributed by atoms with Crippen molar-refractivity contribution in [3.63, 3.8) is 0 Å². The number of hydrogen-bond acceptors (Lipinski definition) is 2. The molecular formula is C21H29LiN4. The van der Waals surface area contributed by atoms with Gasteiger partial charge in [-0.05, 0) is 51.2 Å². The predicted octanol–water partition coefficient (Wildman–Crippen LogP) is 1.57. The minimum absolute atomic E-state index is 0. The van der Waals surface area contributed by atoms with Crippen LogP contribution in [0.1, 0.15) is 49.7 Å². The van der Waals surface area contributed by atoms with E-state index in [4.69, 9.17) is 10.2 Å². The summed E-state index contributed by atoms with van der Waals surface area (Å²) in [4.78, 5) is 0. The second-order valence-electron chi connectivity index (χ2n) is 8.29. The van der Waals surface area contributed by atoms with Crippen molar-refractivity contribution in [1.82, 2.24) is 19.6 Å². The SMILES string of the molecule is Cc1cc(C)n(C(C(C2[C-]=CC=C2)C(C)(C)C)n2nc(C)cc2C)n1.[Li+]. The van der Waals surface area contributed by atoms with E-state index in [1.807, 2.05) is 6.08 Å². The van der Waals surface area contributed by atoms with Crippen molar-refractivity contribution < 1.29 is 18.9 Å². The van der Waals surface area contributed by atoms with Crippen molar-refractivity contribution in [2.75, 3.05) is 0 Å². The van der Waals surface area contributed by atoms with E-state index in [2.05, 4.69) is 88.2 Å². The topological polar surface area (TPSA) is 35.6 Å². The molecule has 26 heavy (non-hydrogen) atoms. The molecule has 0 aromatic carbocycles. The number of allylic oxidation sites excluding steroid dienone is 4. The number of nitrogens with zero attached hydrogens (tertiary/aromatic N) is 4. The summed E-state index contributed by atoms with van der Waals surface area (Å²) in [6, 6.07) is 4.28. The van der Waals surface area contributed by atoms with Crippen LogP contribution in [0.4, 0.5) is 0 Å². The molecule has 0 amide bonds. The normalized spacial score (nSPS) is 17.8. The molecule has 2 unspecified atom stereocenters. The maximum absolute atomic E-state index is 4.84. The Morgan fingerprint density at radius 3 is 1.77 bits per heavy atom.